The van der Waals surface area contributed by atoms with Gasteiger partial charge in [0.15, 0.2) is 0 Å². The molecule has 2 heterocycles. The zero-order valence-electron chi connectivity index (χ0n) is 23.2. The molecular formula is C28H40N2O7S2. The predicted octanol–water partition coefficient (Wildman–Crippen LogP) is 5.01. The van der Waals surface area contributed by atoms with Crippen molar-refractivity contribution < 1.29 is 32.2 Å². The Hall–Kier alpha value is -2.63. The maximum Gasteiger partial charge on any atom is 0.410 e. The lowest BCUT2D eigenvalue weighted by atomic mass is 9.92. The molecule has 1 fully saturated rings. The van der Waals surface area contributed by atoms with Gasteiger partial charge in [0.05, 0.1) is 13.7 Å². The second-order valence-corrected chi connectivity index (χ2v) is 13.6. The molecule has 1 aromatic carbocycles. The average molecular weight is 581 g/mol. The number of benzene rings is 1. The fraction of sp³-hybridized carbons (Fsp3) is 0.571. The minimum absolute atomic E-state index is 0.101. The van der Waals surface area contributed by atoms with E-state index in [0.717, 1.165) is 62.1 Å². The third-order valence-electron chi connectivity index (χ3n) is 6.47. The Kier molecular flexibility index (Phi) is 11.2. The average Bonchev–Trinajstić information content (AvgIpc) is 3.44. The Balaban J connectivity index is 1.46. The second kappa shape index (κ2) is 14.1. The molecule has 0 bridgehead atoms. The van der Waals surface area contributed by atoms with Gasteiger partial charge in [-0.05, 0) is 75.4 Å². The van der Waals surface area contributed by atoms with Gasteiger partial charge in [0.2, 0.25) is 0 Å². The van der Waals surface area contributed by atoms with Crippen LogP contribution in [-0.4, -0.2) is 63.8 Å². The summed E-state index contributed by atoms with van der Waals surface area (Å²) in [6, 6.07) is 9.37. The predicted molar refractivity (Wildman–Crippen MR) is 150 cm³/mol. The molecule has 0 aliphatic carbocycles. The Morgan fingerprint density at radius 3 is 2.46 bits per heavy atom. The summed E-state index contributed by atoms with van der Waals surface area (Å²) >= 11 is 1.08. The Labute approximate surface area is 235 Å². The number of hydrogen-bond donors (Lipinski definition) is 1. The summed E-state index contributed by atoms with van der Waals surface area (Å²) in [7, 11) is -2.62. The maximum atomic E-state index is 12.7. The summed E-state index contributed by atoms with van der Waals surface area (Å²) in [5.74, 6) is 0.531. The molecule has 39 heavy (non-hydrogen) atoms. The van der Waals surface area contributed by atoms with Crippen LogP contribution < -0.4 is 9.46 Å². The number of para-hydroxylation sites is 1. The molecule has 9 nitrogen and oxygen atoms in total. The fourth-order valence-corrected chi connectivity index (χ4v) is 6.65. The molecule has 1 amide bonds. The van der Waals surface area contributed by atoms with Gasteiger partial charge in [0, 0.05) is 19.5 Å². The van der Waals surface area contributed by atoms with Crippen molar-refractivity contribution in [2.24, 2.45) is 5.92 Å². The second-order valence-electron chi connectivity index (χ2n) is 10.7. The third kappa shape index (κ3) is 9.81. The van der Waals surface area contributed by atoms with Crippen molar-refractivity contribution in [1.82, 2.24) is 9.62 Å². The van der Waals surface area contributed by atoms with E-state index < -0.39 is 27.6 Å². The first-order valence-electron chi connectivity index (χ1n) is 13.3. The van der Waals surface area contributed by atoms with Crippen LogP contribution in [0.15, 0.2) is 46.0 Å². The van der Waals surface area contributed by atoms with Crippen LogP contribution in [0.4, 0.5) is 4.79 Å². The maximum absolute atomic E-state index is 12.7. The number of thiophene rings is 1. The minimum Gasteiger partial charge on any atom is -0.493 e. The Bertz CT molecular complexity index is 1170. The summed E-state index contributed by atoms with van der Waals surface area (Å²) in [5.41, 5.74) is 0.238. The van der Waals surface area contributed by atoms with E-state index in [9.17, 15) is 18.0 Å². The molecule has 216 valence electrons. The largest absolute Gasteiger partial charge is 0.493 e. The number of ether oxygens (including phenoxy) is 3. The van der Waals surface area contributed by atoms with E-state index in [1.54, 1.807) is 16.3 Å². The van der Waals surface area contributed by atoms with Crippen LogP contribution >= 0.6 is 11.3 Å². The van der Waals surface area contributed by atoms with Crippen molar-refractivity contribution in [2.75, 3.05) is 26.8 Å². The van der Waals surface area contributed by atoms with Crippen LogP contribution in [0.3, 0.4) is 0 Å². The number of rotatable bonds is 12. The molecule has 0 spiro atoms. The summed E-state index contributed by atoms with van der Waals surface area (Å²) in [6.45, 7) is 7.59. The van der Waals surface area contributed by atoms with E-state index in [1.807, 2.05) is 45.0 Å². The molecule has 1 N–H and O–H groups in total. The van der Waals surface area contributed by atoms with Crippen LogP contribution in [0.2, 0.25) is 0 Å². The molecule has 0 radical (unpaired) electrons. The van der Waals surface area contributed by atoms with Gasteiger partial charge >= 0.3 is 12.1 Å². The van der Waals surface area contributed by atoms with Crippen LogP contribution in [0, 0.1) is 5.92 Å². The molecule has 1 aliphatic rings. The third-order valence-corrected chi connectivity index (χ3v) is 9.34. The highest BCUT2D eigenvalue weighted by Crippen LogP contribution is 2.25. The minimum atomic E-state index is -3.86. The number of hydrogen-bond acceptors (Lipinski definition) is 8. The first-order chi connectivity index (χ1) is 18.5. The van der Waals surface area contributed by atoms with Crippen molar-refractivity contribution in [1.29, 1.82) is 0 Å². The number of sulfonamides is 1. The molecule has 1 aromatic heterocycles. The highest BCUT2D eigenvalue weighted by atomic mass is 32.2. The SMILES string of the molecule is COC(=O)C(Cc1ccccc1OCCCCC1CCN(C(=O)OC(C)(C)C)CC1)NS(=O)(=O)c1cccs1. The first kappa shape index (κ1) is 30.9. The zero-order chi connectivity index (χ0) is 28.5. The van der Waals surface area contributed by atoms with Gasteiger partial charge in [-0.25, -0.2) is 13.2 Å². The van der Waals surface area contributed by atoms with E-state index in [4.69, 9.17) is 14.2 Å². The van der Waals surface area contributed by atoms with Crippen molar-refractivity contribution in [3.8, 4) is 5.75 Å². The van der Waals surface area contributed by atoms with Crippen LogP contribution in [0.25, 0.3) is 0 Å². The first-order valence-corrected chi connectivity index (χ1v) is 15.7. The summed E-state index contributed by atoms with van der Waals surface area (Å²) < 4.78 is 44.4. The smallest absolute Gasteiger partial charge is 0.410 e. The Morgan fingerprint density at radius 2 is 1.82 bits per heavy atom. The number of carbonyl (C=O) groups excluding carboxylic acids is 2. The standard InChI is InChI=1S/C28H40N2O7S2/c1-28(2,3)37-27(32)30-16-14-21(15-17-30)10-7-8-18-36-24-12-6-5-11-22(24)20-23(26(31)35-4)29-39(33,34)25-13-9-19-38-25/h5-6,9,11-13,19,21,23,29H,7-8,10,14-18,20H2,1-4H3. The van der Waals surface area contributed by atoms with Gasteiger partial charge < -0.3 is 19.1 Å². The lowest BCUT2D eigenvalue weighted by Crippen LogP contribution is -2.42. The molecule has 1 atom stereocenters. The van der Waals surface area contributed by atoms with Crippen molar-refractivity contribution in [3.05, 3.63) is 47.3 Å². The number of piperidine rings is 1. The molecule has 1 saturated heterocycles. The normalized spacial score (nSPS) is 15.5. The number of likely N-dealkylation sites (tertiary alicyclic amines) is 1. The van der Waals surface area contributed by atoms with Crippen molar-refractivity contribution in [2.45, 2.75) is 75.1 Å². The fourth-order valence-electron chi connectivity index (χ4n) is 4.46. The highest BCUT2D eigenvalue weighted by molar-refractivity contribution is 7.91. The lowest BCUT2D eigenvalue weighted by molar-refractivity contribution is -0.142. The van der Waals surface area contributed by atoms with Gasteiger partial charge in [-0.2, -0.15) is 4.72 Å². The van der Waals surface area contributed by atoms with E-state index >= 15 is 0 Å². The summed E-state index contributed by atoms with van der Waals surface area (Å²) in [6.07, 6.45) is 4.75. The van der Waals surface area contributed by atoms with E-state index in [2.05, 4.69) is 4.72 Å². The summed E-state index contributed by atoms with van der Waals surface area (Å²) in [5, 5.41) is 1.66. The lowest BCUT2D eigenvalue weighted by Gasteiger charge is -2.33. The quantitative estimate of drug-likeness (QED) is 0.278. The summed E-state index contributed by atoms with van der Waals surface area (Å²) in [4.78, 5) is 26.5. The van der Waals surface area contributed by atoms with Crippen molar-refractivity contribution in [3.63, 3.8) is 0 Å². The monoisotopic (exact) mass is 580 g/mol. The van der Waals surface area contributed by atoms with E-state index in [0.29, 0.717) is 18.3 Å². The number of esters is 1. The number of nitrogens with one attached hydrogen (secondary N) is 1. The number of unbranched alkanes of at least 4 members (excludes halogenated alkanes) is 1. The van der Waals surface area contributed by atoms with Gasteiger partial charge in [-0.3, -0.25) is 4.79 Å². The van der Waals surface area contributed by atoms with Crippen LogP contribution in [-0.2, 0) is 30.7 Å². The zero-order valence-corrected chi connectivity index (χ0v) is 24.8. The number of amides is 1. The topological polar surface area (TPSA) is 111 Å². The number of methoxy groups -OCH3 is 1. The van der Waals surface area contributed by atoms with Gasteiger partial charge in [-0.1, -0.05) is 30.7 Å². The highest BCUT2D eigenvalue weighted by Gasteiger charge is 2.29. The van der Waals surface area contributed by atoms with E-state index in [1.165, 1.54) is 13.2 Å². The van der Waals surface area contributed by atoms with E-state index in [-0.39, 0.29) is 16.7 Å². The molecule has 3 rings (SSSR count). The molecule has 2 aromatic rings. The van der Waals surface area contributed by atoms with Gasteiger partial charge in [0.1, 0.15) is 21.6 Å². The molecule has 1 unspecified atom stereocenters. The number of nitrogens with zero attached hydrogens (tertiary/aromatic N) is 1. The molecule has 1 aliphatic heterocycles. The van der Waals surface area contributed by atoms with Gasteiger partial charge in [0.25, 0.3) is 10.0 Å². The van der Waals surface area contributed by atoms with Gasteiger partial charge in [-0.15, -0.1) is 11.3 Å². The van der Waals surface area contributed by atoms with Crippen molar-refractivity contribution >= 4 is 33.4 Å². The van der Waals surface area contributed by atoms with Crippen LogP contribution in [0.5, 0.6) is 5.75 Å². The molecular weight excluding hydrogens is 540 g/mol. The number of carbonyl (C=O) groups is 2. The molecule has 0 saturated carbocycles. The Morgan fingerprint density at radius 1 is 1.10 bits per heavy atom. The van der Waals surface area contributed by atoms with Crippen LogP contribution in [0.1, 0.15) is 58.4 Å². The molecule has 11 heteroatoms.